The largest absolute Gasteiger partial charge is 0.280 e. The molecule has 16 heavy (non-hydrogen) atoms. The molecule has 1 nitrogen and oxygen atoms in total. The number of hydrogen-bond acceptors (Lipinski definition) is 1. The smallest absolute Gasteiger partial charge is 0.232 e. The van der Waals surface area contributed by atoms with Crippen molar-refractivity contribution in [3.8, 4) is 0 Å². The van der Waals surface area contributed by atoms with Gasteiger partial charge in [-0.1, -0.05) is 29.8 Å². The van der Waals surface area contributed by atoms with Crippen molar-refractivity contribution in [1.29, 1.82) is 0 Å². The summed E-state index contributed by atoms with van der Waals surface area (Å²) < 4.78 is 14.5. The van der Waals surface area contributed by atoms with Crippen molar-refractivity contribution < 1.29 is 9.18 Å². The van der Waals surface area contributed by atoms with Crippen LogP contribution in [0.3, 0.4) is 0 Å². The van der Waals surface area contributed by atoms with Crippen LogP contribution in [0.5, 0.6) is 0 Å². The molecule has 88 valence electrons. The fourth-order valence-electron chi connectivity index (χ4n) is 1.54. The van der Waals surface area contributed by atoms with E-state index in [-0.39, 0.29) is 5.92 Å². The van der Waals surface area contributed by atoms with E-state index in [1.165, 1.54) is 6.07 Å². The monoisotopic (exact) mass is 306 g/mol. The van der Waals surface area contributed by atoms with Gasteiger partial charge in [0.1, 0.15) is 5.82 Å². The van der Waals surface area contributed by atoms with Crippen molar-refractivity contribution in [1.82, 2.24) is 0 Å². The summed E-state index contributed by atoms with van der Waals surface area (Å²) in [7, 11) is 0. The van der Waals surface area contributed by atoms with Gasteiger partial charge >= 0.3 is 0 Å². The molecule has 0 fully saturated rings. The molecule has 0 aliphatic rings. The highest BCUT2D eigenvalue weighted by molar-refractivity contribution is 9.10. The van der Waals surface area contributed by atoms with Gasteiger partial charge < -0.3 is 0 Å². The fraction of sp³-hybridized carbons (Fsp3) is 0.417. The number of rotatable bonds is 3. The van der Waals surface area contributed by atoms with E-state index in [0.717, 1.165) is 4.47 Å². The SMILES string of the molecule is CC(C)C(C)(C(=O)Cl)c1cc(Br)ccc1F. The molecule has 4 heteroatoms. The molecule has 0 radical (unpaired) electrons. The van der Waals surface area contributed by atoms with Crippen LogP contribution in [0.15, 0.2) is 22.7 Å². The van der Waals surface area contributed by atoms with E-state index >= 15 is 0 Å². The highest BCUT2D eigenvalue weighted by Crippen LogP contribution is 2.37. The van der Waals surface area contributed by atoms with Crippen LogP contribution in [0.4, 0.5) is 4.39 Å². The summed E-state index contributed by atoms with van der Waals surface area (Å²) in [5, 5.41) is -0.542. The second-order valence-corrected chi connectivity index (χ2v) is 5.51. The lowest BCUT2D eigenvalue weighted by Crippen LogP contribution is -2.36. The first-order chi connectivity index (χ1) is 7.30. The molecule has 0 bridgehead atoms. The summed E-state index contributed by atoms with van der Waals surface area (Å²) in [5.74, 6) is -0.491. The predicted octanol–water partition coefficient (Wildman–Crippen LogP) is 4.27. The summed E-state index contributed by atoms with van der Waals surface area (Å²) >= 11 is 8.88. The van der Waals surface area contributed by atoms with Gasteiger partial charge in [0.05, 0.1) is 5.41 Å². The zero-order valence-electron chi connectivity index (χ0n) is 9.35. The molecule has 0 N–H and O–H groups in total. The third-order valence-corrected chi connectivity index (χ3v) is 3.94. The van der Waals surface area contributed by atoms with Gasteiger partial charge in [0.15, 0.2) is 0 Å². The second-order valence-electron chi connectivity index (χ2n) is 4.25. The molecule has 1 unspecified atom stereocenters. The van der Waals surface area contributed by atoms with Gasteiger partial charge in [-0.2, -0.15) is 0 Å². The van der Waals surface area contributed by atoms with Gasteiger partial charge in [0, 0.05) is 10.0 Å². The zero-order valence-corrected chi connectivity index (χ0v) is 11.7. The first-order valence-corrected chi connectivity index (χ1v) is 6.12. The quantitative estimate of drug-likeness (QED) is 0.762. The third-order valence-electron chi connectivity index (χ3n) is 3.05. The van der Waals surface area contributed by atoms with E-state index in [0.29, 0.717) is 5.56 Å². The summed E-state index contributed by atoms with van der Waals surface area (Å²) in [6.45, 7) is 5.36. The first-order valence-electron chi connectivity index (χ1n) is 4.95. The van der Waals surface area contributed by atoms with Crippen LogP contribution in [-0.4, -0.2) is 5.24 Å². The van der Waals surface area contributed by atoms with E-state index in [4.69, 9.17) is 11.6 Å². The summed E-state index contributed by atoms with van der Waals surface area (Å²) in [6, 6.07) is 4.54. The molecule has 1 aromatic rings. The van der Waals surface area contributed by atoms with E-state index in [1.54, 1.807) is 19.1 Å². The molecule has 0 saturated carbocycles. The van der Waals surface area contributed by atoms with Crippen LogP contribution in [0.2, 0.25) is 0 Å². The van der Waals surface area contributed by atoms with Crippen LogP contribution >= 0.6 is 27.5 Å². The molecule has 0 heterocycles. The van der Waals surface area contributed by atoms with Gasteiger partial charge in [-0.3, -0.25) is 4.79 Å². The lowest BCUT2D eigenvalue weighted by molar-refractivity contribution is -0.117. The predicted molar refractivity (Wildman–Crippen MR) is 67.2 cm³/mol. The maximum Gasteiger partial charge on any atom is 0.232 e. The van der Waals surface area contributed by atoms with Gasteiger partial charge in [0.25, 0.3) is 0 Å². The van der Waals surface area contributed by atoms with Gasteiger partial charge in [-0.05, 0) is 42.6 Å². The van der Waals surface area contributed by atoms with Crippen molar-refractivity contribution in [2.24, 2.45) is 5.92 Å². The van der Waals surface area contributed by atoms with E-state index in [9.17, 15) is 9.18 Å². The van der Waals surface area contributed by atoms with Crippen molar-refractivity contribution >= 4 is 32.8 Å². The topological polar surface area (TPSA) is 17.1 Å². The van der Waals surface area contributed by atoms with E-state index < -0.39 is 16.5 Å². The highest BCUT2D eigenvalue weighted by atomic mass is 79.9. The summed E-state index contributed by atoms with van der Waals surface area (Å²) in [6.07, 6.45) is 0. The number of benzene rings is 1. The molecule has 0 aliphatic carbocycles. The number of hydrogen-bond donors (Lipinski definition) is 0. The first kappa shape index (κ1) is 13.7. The molecular weight excluding hydrogens is 294 g/mol. The molecule has 0 saturated heterocycles. The number of carbonyl (C=O) groups is 1. The number of carbonyl (C=O) groups excluding carboxylic acids is 1. The van der Waals surface area contributed by atoms with E-state index in [1.807, 2.05) is 13.8 Å². The fourth-order valence-corrected chi connectivity index (χ4v) is 2.22. The van der Waals surface area contributed by atoms with Crippen LogP contribution < -0.4 is 0 Å². The van der Waals surface area contributed by atoms with Crippen molar-refractivity contribution in [2.45, 2.75) is 26.2 Å². The highest BCUT2D eigenvalue weighted by Gasteiger charge is 2.39. The van der Waals surface area contributed by atoms with Crippen LogP contribution in [0.1, 0.15) is 26.3 Å². The van der Waals surface area contributed by atoms with Crippen molar-refractivity contribution in [3.05, 3.63) is 34.1 Å². The lowest BCUT2D eigenvalue weighted by Gasteiger charge is -2.30. The average Bonchev–Trinajstić information content (AvgIpc) is 2.19. The van der Waals surface area contributed by atoms with Crippen LogP contribution in [0.25, 0.3) is 0 Å². The Morgan fingerprint density at radius 2 is 2.06 bits per heavy atom. The molecular formula is C12H13BrClFO. The van der Waals surface area contributed by atoms with Gasteiger partial charge in [-0.15, -0.1) is 0 Å². The Bertz CT molecular complexity index is 419. The molecule has 0 aromatic heterocycles. The lowest BCUT2D eigenvalue weighted by atomic mass is 9.74. The minimum absolute atomic E-state index is 0.0821. The summed E-state index contributed by atoms with van der Waals surface area (Å²) in [4.78, 5) is 11.6. The van der Waals surface area contributed by atoms with Crippen molar-refractivity contribution in [3.63, 3.8) is 0 Å². The Hall–Kier alpha value is -0.410. The normalized spacial score (nSPS) is 14.9. The van der Waals surface area contributed by atoms with Crippen LogP contribution in [0, 0.1) is 11.7 Å². The molecule has 1 rings (SSSR count). The van der Waals surface area contributed by atoms with Crippen LogP contribution in [-0.2, 0) is 10.2 Å². The van der Waals surface area contributed by atoms with E-state index in [2.05, 4.69) is 15.9 Å². The maximum atomic E-state index is 13.8. The average molecular weight is 308 g/mol. The summed E-state index contributed by atoms with van der Waals surface area (Å²) in [5.41, 5.74) is -0.674. The Morgan fingerprint density at radius 1 is 1.50 bits per heavy atom. The third kappa shape index (κ3) is 2.30. The standard InChI is InChI=1S/C12H13BrClFO/c1-7(2)12(3,11(14)16)9-6-8(13)4-5-10(9)15/h4-7H,1-3H3. The Morgan fingerprint density at radius 3 is 2.50 bits per heavy atom. The minimum atomic E-state index is -1.00. The zero-order chi connectivity index (χ0) is 12.5. The Balaban J connectivity index is 3.43. The molecule has 0 aliphatic heterocycles. The number of halogens is 3. The second kappa shape index (κ2) is 4.84. The Kier molecular flexibility index (Phi) is 4.13. The molecule has 0 amide bonds. The van der Waals surface area contributed by atoms with Gasteiger partial charge in [0.2, 0.25) is 5.24 Å². The van der Waals surface area contributed by atoms with Gasteiger partial charge in [-0.25, -0.2) is 4.39 Å². The minimum Gasteiger partial charge on any atom is -0.280 e. The molecule has 1 aromatic carbocycles. The maximum absolute atomic E-state index is 13.8. The Labute approximate surface area is 108 Å². The molecule has 0 spiro atoms. The molecule has 1 atom stereocenters. The van der Waals surface area contributed by atoms with Crippen molar-refractivity contribution in [2.75, 3.05) is 0 Å².